The molecule has 1 aliphatic rings. The summed E-state index contributed by atoms with van der Waals surface area (Å²) in [5.74, 6) is 0.417. The summed E-state index contributed by atoms with van der Waals surface area (Å²) in [6.45, 7) is 3.38. The van der Waals surface area contributed by atoms with Crippen molar-refractivity contribution < 1.29 is 13.2 Å². The predicted octanol–water partition coefficient (Wildman–Crippen LogP) is 2.56. The molecular weight excluding hydrogens is 368 g/mol. The number of hydrogen-bond donors (Lipinski definition) is 0. The van der Waals surface area contributed by atoms with Gasteiger partial charge in [0.05, 0.1) is 6.61 Å². The van der Waals surface area contributed by atoms with Gasteiger partial charge in [-0.05, 0) is 52.1 Å². The molecule has 5 nitrogen and oxygen atoms in total. The van der Waals surface area contributed by atoms with Gasteiger partial charge in [-0.1, -0.05) is 15.9 Å². The average molecular weight is 391 g/mol. The molecule has 0 atom stereocenters. The predicted molar refractivity (Wildman–Crippen MR) is 90.8 cm³/mol. The van der Waals surface area contributed by atoms with Gasteiger partial charge in [-0.3, -0.25) is 0 Å². The van der Waals surface area contributed by atoms with E-state index in [0.29, 0.717) is 31.5 Å². The number of ether oxygens (including phenoxy) is 1. The fourth-order valence-corrected chi connectivity index (χ4v) is 4.84. The fraction of sp³-hybridized carbons (Fsp3) is 0.600. The monoisotopic (exact) mass is 390 g/mol. The standard InChI is InChI=1S/C15H23BrN2O3S/c1-4-21-14-6-5-12(16)11-15(14)22(19,20)18-9-7-13(8-10-18)17(2)3/h5-6,11,13H,4,7-10H2,1-3H3. The zero-order valence-corrected chi connectivity index (χ0v) is 15.7. The smallest absolute Gasteiger partial charge is 0.246 e. The Morgan fingerprint density at radius 2 is 1.95 bits per heavy atom. The van der Waals surface area contributed by atoms with Crippen molar-refractivity contribution >= 4 is 26.0 Å². The molecule has 1 aromatic carbocycles. The van der Waals surface area contributed by atoms with Gasteiger partial charge in [0.25, 0.3) is 0 Å². The number of benzene rings is 1. The fourth-order valence-electron chi connectivity index (χ4n) is 2.70. The van der Waals surface area contributed by atoms with Gasteiger partial charge < -0.3 is 9.64 Å². The van der Waals surface area contributed by atoms with Crippen molar-refractivity contribution in [2.75, 3.05) is 33.8 Å². The largest absolute Gasteiger partial charge is 0.492 e. The second kappa shape index (κ2) is 7.29. The van der Waals surface area contributed by atoms with Gasteiger partial charge in [-0.25, -0.2) is 8.42 Å². The average Bonchev–Trinajstić information content (AvgIpc) is 2.49. The molecule has 0 unspecified atom stereocenters. The maximum atomic E-state index is 12.9. The number of hydrogen-bond acceptors (Lipinski definition) is 4. The second-order valence-electron chi connectivity index (χ2n) is 5.62. The molecule has 1 heterocycles. The van der Waals surface area contributed by atoms with E-state index < -0.39 is 10.0 Å². The third-order valence-electron chi connectivity index (χ3n) is 3.98. The van der Waals surface area contributed by atoms with Crippen LogP contribution in [0.25, 0.3) is 0 Å². The molecule has 0 amide bonds. The minimum atomic E-state index is -3.53. The Morgan fingerprint density at radius 1 is 1.32 bits per heavy atom. The Kier molecular flexibility index (Phi) is 5.87. The van der Waals surface area contributed by atoms with Crippen molar-refractivity contribution in [3.05, 3.63) is 22.7 Å². The molecule has 0 aromatic heterocycles. The summed E-state index contributed by atoms with van der Waals surface area (Å²) in [6.07, 6.45) is 1.70. The molecule has 0 bridgehead atoms. The van der Waals surface area contributed by atoms with E-state index in [1.807, 2.05) is 21.0 Å². The van der Waals surface area contributed by atoms with Crippen LogP contribution < -0.4 is 4.74 Å². The molecule has 1 aliphatic heterocycles. The number of halogens is 1. The SMILES string of the molecule is CCOc1ccc(Br)cc1S(=O)(=O)N1CCC(N(C)C)CC1. The summed E-state index contributed by atoms with van der Waals surface area (Å²) in [5.41, 5.74) is 0. The van der Waals surface area contributed by atoms with Crippen LogP contribution >= 0.6 is 15.9 Å². The van der Waals surface area contributed by atoms with Gasteiger partial charge in [0.15, 0.2) is 0 Å². The van der Waals surface area contributed by atoms with Crippen molar-refractivity contribution in [2.24, 2.45) is 0 Å². The van der Waals surface area contributed by atoms with E-state index in [9.17, 15) is 8.42 Å². The number of piperidine rings is 1. The van der Waals surface area contributed by atoms with Crippen LogP contribution in [0.1, 0.15) is 19.8 Å². The Morgan fingerprint density at radius 3 is 2.50 bits per heavy atom. The lowest BCUT2D eigenvalue weighted by molar-refractivity contribution is 0.196. The quantitative estimate of drug-likeness (QED) is 0.774. The molecule has 2 rings (SSSR count). The molecule has 1 saturated heterocycles. The zero-order valence-electron chi connectivity index (χ0n) is 13.3. The van der Waals surface area contributed by atoms with E-state index in [0.717, 1.165) is 17.3 Å². The first-order valence-corrected chi connectivity index (χ1v) is 9.68. The summed E-state index contributed by atoms with van der Waals surface area (Å²) in [4.78, 5) is 2.40. The zero-order chi connectivity index (χ0) is 16.3. The van der Waals surface area contributed by atoms with Crippen molar-refractivity contribution in [2.45, 2.75) is 30.7 Å². The highest BCUT2D eigenvalue weighted by Gasteiger charge is 2.32. The van der Waals surface area contributed by atoms with Crippen LogP contribution in [0.5, 0.6) is 5.75 Å². The molecular formula is C15H23BrN2O3S. The minimum absolute atomic E-state index is 0.243. The Bertz CT molecular complexity index is 611. The molecule has 0 spiro atoms. The topological polar surface area (TPSA) is 49.9 Å². The molecule has 1 aromatic rings. The van der Waals surface area contributed by atoms with Crippen molar-refractivity contribution in [3.8, 4) is 5.75 Å². The minimum Gasteiger partial charge on any atom is -0.492 e. The molecule has 0 radical (unpaired) electrons. The first-order chi connectivity index (χ1) is 10.4. The Labute approximate surface area is 141 Å². The summed E-state index contributed by atoms with van der Waals surface area (Å²) in [5, 5.41) is 0. The highest BCUT2D eigenvalue weighted by molar-refractivity contribution is 9.10. The first kappa shape index (κ1) is 17.7. The number of sulfonamides is 1. The van der Waals surface area contributed by atoms with Gasteiger partial charge in [-0.2, -0.15) is 4.31 Å². The Balaban J connectivity index is 2.26. The van der Waals surface area contributed by atoms with Gasteiger partial charge in [-0.15, -0.1) is 0 Å². The van der Waals surface area contributed by atoms with E-state index in [1.165, 1.54) is 0 Å². The van der Waals surface area contributed by atoms with Crippen LogP contribution in [0.2, 0.25) is 0 Å². The lowest BCUT2D eigenvalue weighted by atomic mass is 10.1. The van der Waals surface area contributed by atoms with E-state index in [1.54, 1.807) is 22.5 Å². The molecule has 0 aliphatic carbocycles. The number of nitrogens with zero attached hydrogens (tertiary/aromatic N) is 2. The van der Waals surface area contributed by atoms with Crippen LogP contribution in [-0.4, -0.2) is 57.5 Å². The molecule has 7 heteroatoms. The van der Waals surface area contributed by atoms with Crippen LogP contribution in [0.3, 0.4) is 0 Å². The summed E-state index contributed by atoms with van der Waals surface area (Å²) in [6, 6.07) is 5.56. The van der Waals surface area contributed by atoms with Gasteiger partial charge >= 0.3 is 0 Å². The first-order valence-electron chi connectivity index (χ1n) is 7.45. The number of rotatable bonds is 5. The maximum Gasteiger partial charge on any atom is 0.246 e. The summed E-state index contributed by atoms with van der Waals surface area (Å²) in [7, 11) is 0.549. The summed E-state index contributed by atoms with van der Waals surface area (Å²) >= 11 is 3.35. The third kappa shape index (κ3) is 3.82. The second-order valence-corrected chi connectivity index (χ2v) is 8.44. The van der Waals surface area contributed by atoms with E-state index >= 15 is 0 Å². The summed E-state index contributed by atoms with van der Waals surface area (Å²) < 4.78 is 33.6. The van der Waals surface area contributed by atoms with Crippen LogP contribution in [0.4, 0.5) is 0 Å². The Hall–Kier alpha value is -0.630. The van der Waals surface area contributed by atoms with Crippen molar-refractivity contribution in [3.63, 3.8) is 0 Å². The van der Waals surface area contributed by atoms with Gasteiger partial charge in [0, 0.05) is 23.6 Å². The molecule has 0 N–H and O–H groups in total. The van der Waals surface area contributed by atoms with Crippen LogP contribution in [-0.2, 0) is 10.0 Å². The van der Waals surface area contributed by atoms with E-state index in [4.69, 9.17) is 4.74 Å². The van der Waals surface area contributed by atoms with Crippen LogP contribution in [0, 0.1) is 0 Å². The lowest BCUT2D eigenvalue weighted by Crippen LogP contribution is -2.44. The maximum absolute atomic E-state index is 12.9. The molecule has 22 heavy (non-hydrogen) atoms. The lowest BCUT2D eigenvalue weighted by Gasteiger charge is -2.34. The molecule has 0 saturated carbocycles. The van der Waals surface area contributed by atoms with E-state index in [2.05, 4.69) is 20.8 Å². The highest BCUT2D eigenvalue weighted by Crippen LogP contribution is 2.31. The molecule has 124 valence electrons. The van der Waals surface area contributed by atoms with E-state index in [-0.39, 0.29) is 4.90 Å². The van der Waals surface area contributed by atoms with Gasteiger partial charge in [0.1, 0.15) is 10.6 Å². The van der Waals surface area contributed by atoms with Gasteiger partial charge in [0.2, 0.25) is 10.0 Å². The highest BCUT2D eigenvalue weighted by atomic mass is 79.9. The van der Waals surface area contributed by atoms with Crippen molar-refractivity contribution in [1.82, 2.24) is 9.21 Å². The third-order valence-corrected chi connectivity index (χ3v) is 6.39. The van der Waals surface area contributed by atoms with Crippen molar-refractivity contribution in [1.29, 1.82) is 0 Å². The normalized spacial score (nSPS) is 17.9. The molecule has 1 fully saturated rings. The van der Waals surface area contributed by atoms with Crippen LogP contribution in [0.15, 0.2) is 27.6 Å².